The fourth-order valence-corrected chi connectivity index (χ4v) is 17.1. The van der Waals surface area contributed by atoms with Gasteiger partial charge in [-0.1, -0.05) is 106 Å². The third kappa shape index (κ3) is 23.9. The number of H-pyrrole nitrogens is 1. The van der Waals surface area contributed by atoms with Gasteiger partial charge >= 0.3 is 17.8 Å². The zero-order valence-electron chi connectivity index (χ0n) is 69.2. The number of para-hydroxylation sites is 1. The number of urea groups is 1. The van der Waals surface area contributed by atoms with Crippen LogP contribution in [0.1, 0.15) is 37.5 Å². The molecule has 0 bridgehead atoms. The molecule has 6 saturated heterocycles. The molecule has 10 aromatic carbocycles. The zero-order valence-corrected chi connectivity index (χ0v) is 73.8. The number of ether oxygens (including phenoxy) is 10. The van der Waals surface area contributed by atoms with Crippen molar-refractivity contribution in [3.05, 3.63) is 294 Å². The summed E-state index contributed by atoms with van der Waals surface area (Å²) < 4.78 is 61.2. The highest BCUT2D eigenvalue weighted by Crippen LogP contribution is 2.43. The fourth-order valence-electron chi connectivity index (χ4n) is 15.3. The molecule has 7 heterocycles. The second-order valence-corrected chi connectivity index (χ2v) is 32.9. The number of carbonyl (C=O) groups excluding carboxylic acids is 2. The summed E-state index contributed by atoms with van der Waals surface area (Å²) in [5.41, 5.74) is 14.3. The molecule has 6 unspecified atom stereocenters. The average Bonchev–Trinajstić information content (AvgIpc) is 1.63. The molecule has 11 aromatic rings. The van der Waals surface area contributed by atoms with Crippen molar-refractivity contribution in [3.8, 4) is 28.7 Å². The van der Waals surface area contributed by atoms with E-state index in [0.29, 0.717) is 86.9 Å². The van der Waals surface area contributed by atoms with Crippen LogP contribution in [0.5, 0.6) is 23.0 Å². The number of hydrazine groups is 2. The Balaban J connectivity index is 0.000000151. The summed E-state index contributed by atoms with van der Waals surface area (Å²) in [6.45, 7) is 18.6. The Morgan fingerprint density at radius 3 is 1.01 bits per heavy atom. The summed E-state index contributed by atoms with van der Waals surface area (Å²) >= 11 is 37.2. The van der Waals surface area contributed by atoms with Crippen LogP contribution in [-0.2, 0) is 45.8 Å². The van der Waals surface area contributed by atoms with Crippen molar-refractivity contribution in [2.45, 2.75) is 56.4 Å². The van der Waals surface area contributed by atoms with Gasteiger partial charge in [-0.2, -0.15) is 5.10 Å². The first-order chi connectivity index (χ1) is 61.0. The van der Waals surface area contributed by atoms with E-state index < -0.39 is 29.5 Å². The first-order valence-corrected chi connectivity index (χ1v) is 43.1. The summed E-state index contributed by atoms with van der Waals surface area (Å²) in [6.07, 6.45) is 0.291. The van der Waals surface area contributed by atoms with Gasteiger partial charge in [-0.25, -0.2) is 35.7 Å². The molecule has 17 rings (SSSR count). The van der Waals surface area contributed by atoms with Crippen LogP contribution in [0.3, 0.4) is 0 Å². The van der Waals surface area contributed by atoms with E-state index in [1.165, 1.54) is 16.5 Å². The Labute approximate surface area is 759 Å². The first kappa shape index (κ1) is 91.4. The average molecular weight is 1840 g/mol. The van der Waals surface area contributed by atoms with Gasteiger partial charge < -0.3 is 87.3 Å². The maximum atomic E-state index is 12.2. The Morgan fingerprint density at radius 1 is 0.421 bits per heavy atom. The Bertz CT molecular complexity index is 5460. The number of benzene rings is 10. The number of hydrogen-bond acceptors (Lipinski definition) is 24. The number of aromatic amines is 1. The van der Waals surface area contributed by atoms with Crippen molar-refractivity contribution in [2.75, 3.05) is 158 Å². The molecule has 1 aromatic heterocycles. The number of amides is 3. The van der Waals surface area contributed by atoms with E-state index in [2.05, 4.69) is 97.9 Å². The molecule has 0 saturated carbocycles. The molecule has 0 spiro atoms. The van der Waals surface area contributed by atoms with Crippen LogP contribution in [0.2, 0.25) is 30.1 Å². The molecule has 6 fully saturated rings. The third-order valence-corrected chi connectivity index (χ3v) is 23.6. The Morgan fingerprint density at radius 2 is 0.714 bits per heavy atom. The molecule has 35 heteroatoms. The highest BCUT2D eigenvalue weighted by molar-refractivity contribution is 6.36. The first-order valence-electron chi connectivity index (χ1n) is 40.8. The molecule has 0 radical (unpaired) electrons. The lowest BCUT2D eigenvalue weighted by Crippen LogP contribution is -2.46. The number of hydrogen-bond donors (Lipinski definition) is 8. The van der Waals surface area contributed by atoms with Crippen LogP contribution >= 0.6 is 69.6 Å². The largest absolute Gasteiger partial charge is 0.491 e. The molecule has 3 amide bonds. The minimum atomic E-state index is -0.947. The van der Waals surface area contributed by atoms with Crippen LogP contribution in [0.4, 0.5) is 55.1 Å². The van der Waals surface area contributed by atoms with Crippen molar-refractivity contribution in [1.82, 2.24) is 25.8 Å². The van der Waals surface area contributed by atoms with Gasteiger partial charge in [0.25, 0.3) is 0 Å². The second kappa shape index (κ2) is 42.7. The van der Waals surface area contributed by atoms with E-state index in [-0.39, 0.29) is 24.0 Å². The van der Waals surface area contributed by atoms with Crippen molar-refractivity contribution in [2.24, 2.45) is 11.7 Å². The maximum Gasteiger partial charge on any atom is 0.417 e. The van der Waals surface area contributed by atoms with E-state index in [1.54, 1.807) is 48.5 Å². The van der Waals surface area contributed by atoms with E-state index in [4.69, 9.17) is 128 Å². The molecule has 0 aliphatic carbocycles. The van der Waals surface area contributed by atoms with Gasteiger partial charge in [0.05, 0.1) is 40.6 Å². The Kier molecular flexibility index (Phi) is 31.0. The van der Waals surface area contributed by atoms with Gasteiger partial charge in [-0.15, -0.1) is 5.59 Å². The molecule has 10 N–H and O–H groups in total. The van der Waals surface area contributed by atoms with E-state index in [0.717, 1.165) is 152 Å². The number of piperazine rings is 3. The lowest BCUT2D eigenvalue weighted by Gasteiger charge is -2.37. The van der Waals surface area contributed by atoms with E-state index in [1.807, 2.05) is 166 Å². The molecule has 29 nitrogen and oxygen atoms in total. The predicted octanol–water partition coefficient (Wildman–Crippen LogP) is 16.3. The summed E-state index contributed by atoms with van der Waals surface area (Å²) in [7, 11) is 0. The molecule has 6 aliphatic heterocycles. The molecule has 6 aliphatic rings. The number of nitrogens with two attached hydrogens (primary N) is 2. The molecule has 126 heavy (non-hydrogen) atoms. The molecule has 6 atom stereocenters. The van der Waals surface area contributed by atoms with Gasteiger partial charge in [0, 0.05) is 156 Å². The van der Waals surface area contributed by atoms with Gasteiger partial charge in [0.2, 0.25) is 0 Å². The summed E-state index contributed by atoms with van der Waals surface area (Å²) in [5.74, 6) is 9.26. The predicted molar refractivity (Wildman–Crippen MR) is 492 cm³/mol. The maximum absolute atomic E-state index is 12.2. The number of aromatic nitrogens is 3. The molecule has 662 valence electrons. The van der Waals surface area contributed by atoms with Crippen molar-refractivity contribution < 1.29 is 62.2 Å². The van der Waals surface area contributed by atoms with Crippen LogP contribution in [0, 0.1) is 0 Å². The zero-order chi connectivity index (χ0) is 88.3. The topological polar surface area (TPSA) is 317 Å². The number of anilines is 8. The van der Waals surface area contributed by atoms with Crippen LogP contribution in [0.25, 0.3) is 5.69 Å². The quantitative estimate of drug-likeness (QED) is 0.0178. The minimum Gasteiger partial charge on any atom is -0.491 e. The number of nitrogens with zero attached hydrogens (tertiary/aromatic N) is 8. The van der Waals surface area contributed by atoms with Crippen molar-refractivity contribution in [1.29, 1.82) is 0 Å². The number of halogens is 6. The smallest absolute Gasteiger partial charge is 0.417 e. The van der Waals surface area contributed by atoms with Gasteiger partial charge in [-0.05, 0) is 215 Å². The SMILES string of the molecule is CC1(c2ccc(Cl)cc2Cl)OCC(COc2ccc(N3CCN(c4ccc(-n5cn[nH]c5=O)cc4)CC3)cc2)O1.CC1(c2ccc(Cl)cc2Cl)OCC(COc2ccc(N3CCN(c4ccc(NC(=O)NN)cc4)CC3)cc2)O1.CC1(c2ccc(Cl)cc2Cl)OCC(COc2ccc(N3CCN(c4ccc(NC(=O)Oc5ccccc5)cc4)CC3)cc2)O1.NNO. The summed E-state index contributed by atoms with van der Waals surface area (Å²) in [6, 6.07) is 72.4. The van der Waals surface area contributed by atoms with Crippen LogP contribution < -0.4 is 87.4 Å². The highest BCUT2D eigenvalue weighted by atomic mass is 35.5. The van der Waals surface area contributed by atoms with E-state index >= 15 is 0 Å². The number of rotatable bonds is 22. The van der Waals surface area contributed by atoms with Gasteiger partial charge in [0.1, 0.15) is 67.5 Å². The Hall–Kier alpha value is -10.8. The number of carbonyl (C=O) groups is 2. The van der Waals surface area contributed by atoms with Gasteiger partial charge in [-0.3, -0.25) is 10.7 Å². The van der Waals surface area contributed by atoms with Crippen molar-refractivity contribution >= 4 is 127 Å². The lowest BCUT2D eigenvalue weighted by atomic mass is 10.1. The molecular formula is C91H97Cl6N15O14. The standard InChI is InChI=1S/C34H33Cl2N3O5.C29H29Cl2N5O4.C28H31Cl2N5O4.H4N2O/c1-34(31-16-7-24(35)21-32(31)36)42-23-30(44-34)22-41-28-14-12-27(13-15-28)39-19-17-38(18-20-39)26-10-8-25(9-11-26)37-33(40)43-29-5-3-2-4-6-29;1-29(26-11-2-20(30)16-27(26)31)39-18-25(40-29)17-38-24-9-7-22(8-10-24)35-14-12-34(13-15-35)21-3-5-23(6-4-21)36-19-32-33-28(36)37;1-28(25-11-2-19(29)16-26(25)30)38-18-24(39-28)17-37-23-9-7-22(8-10-23)35-14-12-34(13-15-35)21-5-3-20(4-6-21)32-27(36)33-31;1-2-3/h2-16,21,30H,17-20,22-23H2,1H3,(H,37,40);2-11,16,19,25H,12-15,17-18H2,1H3,(H,33,37);2-11,16,24H,12-15,17-18,31H2,1H3,(H2,32,33,36);2-3H,1H2. The van der Waals surface area contributed by atoms with E-state index in [9.17, 15) is 14.4 Å². The monoisotopic (exact) mass is 1830 g/mol. The third-order valence-electron chi connectivity index (χ3n) is 21.9. The lowest BCUT2D eigenvalue weighted by molar-refractivity contribution is -0.164. The van der Waals surface area contributed by atoms with Crippen LogP contribution in [0.15, 0.2) is 242 Å². The minimum absolute atomic E-state index is 0.223. The normalized spacial score (nSPS) is 20.3. The van der Waals surface area contributed by atoms with Gasteiger partial charge in [0.15, 0.2) is 17.4 Å². The summed E-state index contributed by atoms with van der Waals surface area (Å²) in [4.78, 5) is 49.4. The fraction of sp³-hybridized carbons (Fsp3) is 0.297. The number of nitrogens with one attached hydrogen (secondary N) is 5. The highest BCUT2D eigenvalue weighted by Gasteiger charge is 2.44. The van der Waals surface area contributed by atoms with Crippen molar-refractivity contribution in [3.63, 3.8) is 0 Å². The van der Waals surface area contributed by atoms with Crippen LogP contribution in [-0.4, -0.2) is 169 Å². The molecular weight excluding hydrogens is 1740 g/mol. The summed E-state index contributed by atoms with van der Waals surface area (Å²) in [5, 5.41) is 21.9. The second-order valence-electron chi connectivity index (χ2n) is 30.4.